The maximum absolute atomic E-state index is 13.8. The number of Topliss-reactive ketones (excluding diaryl/α,β-unsaturated/α-hetero) is 3. The molecule has 5 N–H and O–H groups in total. The molecular formula is C67H102N6O15. The van der Waals surface area contributed by atoms with E-state index in [4.69, 9.17) is 29.4 Å². The Morgan fingerprint density at radius 1 is 0.818 bits per heavy atom. The summed E-state index contributed by atoms with van der Waals surface area (Å²) in [6, 6.07) is 5.39. The molecule has 3 fully saturated rings. The number of unbranched alkanes of at least 4 members (excludes halogenated alkanes) is 4. The van der Waals surface area contributed by atoms with Crippen molar-refractivity contribution in [1.29, 1.82) is 0 Å². The first-order chi connectivity index (χ1) is 41.9. The van der Waals surface area contributed by atoms with Gasteiger partial charge in [-0.1, -0.05) is 83.5 Å². The second-order valence-corrected chi connectivity index (χ2v) is 25.4. The van der Waals surface area contributed by atoms with Gasteiger partial charge < -0.3 is 55.0 Å². The number of ketones is 3. The third-order valence-corrected chi connectivity index (χ3v) is 17.6. The summed E-state index contributed by atoms with van der Waals surface area (Å²) in [5.41, 5.74) is 7.52. The molecule has 3 saturated heterocycles. The van der Waals surface area contributed by atoms with Crippen LogP contribution in [0.4, 0.5) is 14.4 Å². The van der Waals surface area contributed by atoms with E-state index >= 15 is 0 Å². The molecule has 1 aromatic carbocycles. The van der Waals surface area contributed by atoms with Gasteiger partial charge in [-0.25, -0.2) is 14.4 Å². The van der Waals surface area contributed by atoms with Gasteiger partial charge >= 0.3 is 18.2 Å². The van der Waals surface area contributed by atoms with E-state index in [0.717, 1.165) is 25.7 Å². The Bertz CT molecular complexity index is 2560. The molecule has 490 valence electrons. The molecule has 4 aliphatic rings. The van der Waals surface area contributed by atoms with Crippen LogP contribution >= 0.6 is 0 Å². The summed E-state index contributed by atoms with van der Waals surface area (Å²) < 4.78 is 29.4. The van der Waals surface area contributed by atoms with Crippen molar-refractivity contribution in [3.63, 3.8) is 0 Å². The molecule has 88 heavy (non-hydrogen) atoms. The van der Waals surface area contributed by atoms with E-state index in [9.17, 15) is 48.3 Å². The van der Waals surface area contributed by atoms with Crippen LogP contribution in [0.1, 0.15) is 169 Å². The lowest BCUT2D eigenvalue weighted by Gasteiger charge is -2.35. The van der Waals surface area contributed by atoms with Crippen LogP contribution in [0.5, 0.6) is 0 Å². The third-order valence-electron chi connectivity index (χ3n) is 17.6. The lowest BCUT2D eigenvalue weighted by atomic mass is 9.85. The number of imide groups is 1. The largest absolute Gasteiger partial charge is 0.449 e. The molecule has 0 aromatic heterocycles. The molecule has 0 radical (unpaired) electrons. The first-order valence-electron chi connectivity index (χ1n) is 32.1. The highest BCUT2D eigenvalue weighted by molar-refractivity contribution is 6.12. The number of allylic oxidation sites excluding steroid dienone is 3. The number of carbonyl (C=O) groups is 9. The van der Waals surface area contributed by atoms with E-state index in [1.807, 2.05) is 13.8 Å². The van der Waals surface area contributed by atoms with Crippen LogP contribution in [-0.2, 0) is 65.5 Å². The summed E-state index contributed by atoms with van der Waals surface area (Å²) in [4.78, 5) is 118. The van der Waals surface area contributed by atoms with Gasteiger partial charge in [0.25, 0.3) is 11.8 Å². The van der Waals surface area contributed by atoms with Gasteiger partial charge in [-0.05, 0) is 126 Å². The van der Waals surface area contributed by atoms with E-state index in [0.29, 0.717) is 80.8 Å². The fraction of sp³-hybridized carbons (Fsp3) is 0.687. The Balaban J connectivity index is 0.932. The molecule has 0 unspecified atom stereocenters. The number of hydrogen-bond donors (Lipinski definition) is 4. The Kier molecular flexibility index (Phi) is 30.0. The minimum atomic E-state index is -0.905. The molecule has 21 heteroatoms. The number of epoxide rings is 1. The van der Waals surface area contributed by atoms with E-state index in [1.54, 1.807) is 43.2 Å². The second kappa shape index (κ2) is 36.4. The maximum atomic E-state index is 13.8. The number of aliphatic hydroxyl groups excluding tert-OH is 1. The topological polar surface area (TPSA) is 283 Å². The van der Waals surface area contributed by atoms with Crippen LogP contribution in [0.25, 0.3) is 0 Å². The highest BCUT2D eigenvalue weighted by atomic mass is 16.6. The van der Waals surface area contributed by atoms with Crippen LogP contribution in [0.2, 0.25) is 0 Å². The van der Waals surface area contributed by atoms with Crippen LogP contribution < -0.4 is 16.4 Å². The fourth-order valence-corrected chi connectivity index (χ4v) is 12.3. The SMILES string of the molecule is CO[C@H]([C@@H](C)[C@H]1O[C@]1(C)C[C@H](C)/C=C/C=C(\C)[C@H]1O[C@@H](CCC(=O)CCCCCOC(=O)N2CCN(C(=O)OCc3ccc(CC(=O)[C@H](CCCNC(N)=O)NC(=O)[C@@H](CC(=O)CCCCCN4C(=O)C=CC4=O)C(C)C)cc3)CC2)CC[C@@H]1C)[C@@H](C)O. The van der Waals surface area contributed by atoms with E-state index in [-0.39, 0.29) is 149 Å². The molecular weight excluding hydrogens is 1130 g/mol. The van der Waals surface area contributed by atoms with Crippen molar-refractivity contribution in [2.45, 2.75) is 213 Å². The quantitative estimate of drug-likeness (QED) is 0.0209. The average molecular weight is 1230 g/mol. The van der Waals surface area contributed by atoms with Gasteiger partial charge in [0, 0.05) is 102 Å². The normalized spacial score (nSPS) is 22.5. The molecule has 11 atom stereocenters. The number of urea groups is 1. The summed E-state index contributed by atoms with van der Waals surface area (Å²) in [6.07, 6.45) is 16.4. The number of rotatable bonds is 38. The predicted molar refractivity (Wildman–Crippen MR) is 332 cm³/mol. The zero-order valence-electron chi connectivity index (χ0n) is 53.8. The molecule has 4 heterocycles. The zero-order chi connectivity index (χ0) is 64.5. The van der Waals surface area contributed by atoms with Gasteiger partial charge in [0.1, 0.15) is 18.2 Å². The third kappa shape index (κ3) is 23.9. The maximum Gasteiger partial charge on any atom is 0.410 e. The first-order valence-corrected chi connectivity index (χ1v) is 32.1. The molecule has 0 spiro atoms. The van der Waals surface area contributed by atoms with Crippen molar-refractivity contribution < 1.29 is 71.9 Å². The fourth-order valence-electron chi connectivity index (χ4n) is 12.3. The number of carbonyl (C=O) groups excluding carboxylic acids is 9. The zero-order valence-corrected chi connectivity index (χ0v) is 53.8. The number of piperazine rings is 1. The average Bonchev–Trinajstić information content (AvgIpc) is 1.84. The Morgan fingerprint density at radius 2 is 1.44 bits per heavy atom. The highest BCUT2D eigenvalue weighted by Gasteiger charge is 2.57. The predicted octanol–water partition coefficient (Wildman–Crippen LogP) is 8.65. The van der Waals surface area contributed by atoms with Crippen LogP contribution in [0.3, 0.4) is 0 Å². The summed E-state index contributed by atoms with van der Waals surface area (Å²) in [6.45, 7) is 18.0. The van der Waals surface area contributed by atoms with E-state index in [2.05, 4.69) is 63.5 Å². The Morgan fingerprint density at radius 3 is 2.07 bits per heavy atom. The molecule has 4 aliphatic heterocycles. The van der Waals surface area contributed by atoms with E-state index in [1.165, 1.54) is 27.5 Å². The van der Waals surface area contributed by atoms with Crippen LogP contribution in [-0.4, -0.2) is 168 Å². The first kappa shape index (κ1) is 72.5. The van der Waals surface area contributed by atoms with Crippen molar-refractivity contribution in [3.8, 4) is 0 Å². The monoisotopic (exact) mass is 1230 g/mol. The van der Waals surface area contributed by atoms with E-state index < -0.39 is 42.2 Å². The standard InChI is InChI=1S/C67H102N6O15/c1-44(2)55(41-53(76)21-12-10-14-34-73-58(78)31-32-59(73)79)63(80)70-56(22-17-33-69-64(68)81)57(77)40-50-24-26-51(27-25-50)43-86-66(83)72-37-35-71(36-38-72)65(82)85-39-15-11-13-20-52(75)28-30-54-29-23-47(5)60(87-54)46(4)19-16-18-45(3)42-67(8)62(88-67)48(6)61(84-9)49(7)74/h16,18-19,24-27,31-32,44-45,47-49,54-56,60-62,74H,10-15,17,20-23,28-30,33-43H2,1-9H3,(H,70,80)(H3,68,69,81)/b18-16+,46-19+/t45-,47+,48-,49-,54-,55+,56+,60-,61-,62-,67-/m1/s1. The second-order valence-electron chi connectivity index (χ2n) is 25.4. The van der Waals surface area contributed by atoms with Gasteiger partial charge in [-0.2, -0.15) is 0 Å². The van der Waals surface area contributed by atoms with Crippen LogP contribution in [0.15, 0.2) is 60.2 Å². The lowest BCUT2D eigenvalue weighted by Crippen LogP contribution is -2.50. The minimum Gasteiger partial charge on any atom is -0.449 e. The number of nitrogens with one attached hydrogen (secondary N) is 2. The van der Waals surface area contributed by atoms with Gasteiger partial charge in [0.2, 0.25) is 5.91 Å². The van der Waals surface area contributed by atoms with Crippen molar-refractivity contribution >= 4 is 53.3 Å². The molecule has 0 aliphatic carbocycles. The summed E-state index contributed by atoms with van der Waals surface area (Å²) in [5, 5.41) is 15.5. The number of ether oxygens (including phenoxy) is 5. The van der Waals surface area contributed by atoms with Gasteiger partial charge in [0.05, 0.1) is 48.8 Å². The van der Waals surface area contributed by atoms with Gasteiger partial charge in [-0.3, -0.25) is 33.7 Å². The number of hydrogen-bond acceptors (Lipinski definition) is 15. The Labute approximate surface area is 521 Å². The molecule has 5 rings (SSSR count). The summed E-state index contributed by atoms with van der Waals surface area (Å²) in [5.74, 6) is -1.38. The number of aliphatic hydroxyl groups is 1. The number of methoxy groups -OCH3 is 1. The number of nitrogens with two attached hydrogens (primary N) is 1. The summed E-state index contributed by atoms with van der Waals surface area (Å²) in [7, 11) is 1.63. The molecule has 0 bridgehead atoms. The molecule has 21 nitrogen and oxygen atoms in total. The molecule has 7 amide bonds. The van der Waals surface area contributed by atoms with Crippen molar-refractivity contribution in [3.05, 3.63) is 71.3 Å². The van der Waals surface area contributed by atoms with Gasteiger partial charge in [0.15, 0.2) is 5.78 Å². The van der Waals surface area contributed by atoms with Crippen LogP contribution in [0, 0.1) is 29.6 Å². The number of benzene rings is 1. The van der Waals surface area contributed by atoms with Crippen molar-refractivity contribution in [1.82, 2.24) is 25.3 Å². The number of primary amides is 1. The molecule has 0 saturated carbocycles. The minimum absolute atomic E-state index is 0.00182. The summed E-state index contributed by atoms with van der Waals surface area (Å²) >= 11 is 0. The smallest absolute Gasteiger partial charge is 0.410 e. The van der Waals surface area contributed by atoms with Gasteiger partial charge in [-0.15, -0.1) is 0 Å². The number of amides is 7. The van der Waals surface area contributed by atoms with Crippen molar-refractivity contribution in [2.24, 2.45) is 35.3 Å². The van der Waals surface area contributed by atoms with Crippen molar-refractivity contribution in [2.75, 3.05) is 53.0 Å². The highest BCUT2D eigenvalue weighted by Crippen LogP contribution is 2.47. The molecule has 1 aromatic rings. The number of nitrogens with zero attached hydrogens (tertiary/aromatic N) is 3. The Hall–Kier alpha value is -6.29. The lowest BCUT2D eigenvalue weighted by molar-refractivity contribution is -0.137.